The molecule has 1 aromatic carbocycles. The van der Waals surface area contributed by atoms with Gasteiger partial charge in [0.05, 0.1) is 23.1 Å². The van der Waals surface area contributed by atoms with Gasteiger partial charge in [-0.1, -0.05) is 0 Å². The molecule has 3 aromatic rings. The number of rotatable bonds is 3. The lowest BCUT2D eigenvalue weighted by Crippen LogP contribution is -2.01. The zero-order valence-electron chi connectivity index (χ0n) is 11.9. The summed E-state index contributed by atoms with van der Waals surface area (Å²) in [6, 6.07) is 7.57. The number of nitrogens with one attached hydrogen (secondary N) is 2. The Labute approximate surface area is 125 Å². The molecule has 22 heavy (non-hydrogen) atoms. The topological polar surface area (TPSA) is 105 Å². The summed E-state index contributed by atoms with van der Waals surface area (Å²) >= 11 is 0. The molecular formula is C14H13N3O4S. The van der Waals surface area contributed by atoms with Crippen LogP contribution in [0.4, 0.5) is 0 Å². The van der Waals surface area contributed by atoms with E-state index in [-0.39, 0.29) is 10.5 Å². The highest BCUT2D eigenvalue weighted by atomic mass is 32.2. The summed E-state index contributed by atoms with van der Waals surface area (Å²) in [6.45, 7) is 0. The Morgan fingerprint density at radius 2 is 1.91 bits per heavy atom. The van der Waals surface area contributed by atoms with E-state index in [1.807, 2.05) is 0 Å². The van der Waals surface area contributed by atoms with Crippen molar-refractivity contribution in [1.29, 1.82) is 0 Å². The minimum absolute atomic E-state index is 0.164. The van der Waals surface area contributed by atoms with Crippen LogP contribution < -0.4 is 10.3 Å². The molecular weight excluding hydrogens is 306 g/mol. The van der Waals surface area contributed by atoms with Crippen molar-refractivity contribution in [3.63, 3.8) is 0 Å². The molecule has 8 heteroatoms. The Balaban J connectivity index is 2.19. The first kappa shape index (κ1) is 14.3. The molecule has 2 N–H and O–H groups in total. The summed E-state index contributed by atoms with van der Waals surface area (Å²) in [5, 5.41) is 0. The van der Waals surface area contributed by atoms with Crippen LogP contribution in [0.3, 0.4) is 0 Å². The normalized spacial score (nSPS) is 11.7. The summed E-state index contributed by atoms with van der Waals surface area (Å²) < 4.78 is 28.5. The number of pyridine rings is 1. The van der Waals surface area contributed by atoms with E-state index >= 15 is 0 Å². The standard InChI is InChI=1S/C14H13N3O4S/c1-21-11-7-8(22(2,19)20)3-4-9(11)13-15-10-5-6-12(18)16-14(10)17-13/h3-7H,1-2H3,(H2,15,16,17,18). The van der Waals surface area contributed by atoms with Crippen molar-refractivity contribution < 1.29 is 13.2 Å². The van der Waals surface area contributed by atoms with Gasteiger partial charge in [-0.15, -0.1) is 0 Å². The highest BCUT2D eigenvalue weighted by Gasteiger charge is 2.15. The molecule has 0 atom stereocenters. The van der Waals surface area contributed by atoms with E-state index in [9.17, 15) is 13.2 Å². The van der Waals surface area contributed by atoms with E-state index in [1.165, 1.54) is 25.3 Å². The monoisotopic (exact) mass is 319 g/mol. The maximum Gasteiger partial charge on any atom is 0.249 e. The number of fused-ring (bicyclic) bond motifs is 1. The first-order valence-electron chi connectivity index (χ1n) is 6.36. The Morgan fingerprint density at radius 3 is 2.59 bits per heavy atom. The molecule has 0 fully saturated rings. The molecule has 2 aromatic heterocycles. The van der Waals surface area contributed by atoms with E-state index in [0.29, 0.717) is 28.3 Å². The van der Waals surface area contributed by atoms with Crippen molar-refractivity contribution in [3.8, 4) is 17.1 Å². The summed E-state index contributed by atoms with van der Waals surface area (Å²) in [6.07, 6.45) is 1.13. The van der Waals surface area contributed by atoms with Crippen molar-refractivity contribution in [2.24, 2.45) is 0 Å². The van der Waals surface area contributed by atoms with Crippen molar-refractivity contribution >= 4 is 21.0 Å². The maximum atomic E-state index is 11.6. The molecule has 114 valence electrons. The van der Waals surface area contributed by atoms with Gasteiger partial charge in [0, 0.05) is 12.3 Å². The summed E-state index contributed by atoms with van der Waals surface area (Å²) in [4.78, 5) is 21.5. The molecule has 0 bridgehead atoms. The summed E-state index contributed by atoms with van der Waals surface area (Å²) in [5.74, 6) is 0.859. The van der Waals surface area contributed by atoms with Gasteiger partial charge in [-0.05, 0) is 24.3 Å². The van der Waals surface area contributed by atoms with Crippen LogP contribution in [0.15, 0.2) is 40.0 Å². The fraction of sp³-hybridized carbons (Fsp3) is 0.143. The lowest BCUT2D eigenvalue weighted by Gasteiger charge is -2.08. The van der Waals surface area contributed by atoms with E-state index in [1.54, 1.807) is 12.1 Å². The van der Waals surface area contributed by atoms with Crippen molar-refractivity contribution in [2.75, 3.05) is 13.4 Å². The van der Waals surface area contributed by atoms with Crippen molar-refractivity contribution in [2.45, 2.75) is 4.90 Å². The Hall–Kier alpha value is -2.61. The number of benzene rings is 1. The van der Waals surface area contributed by atoms with Gasteiger partial charge in [0.15, 0.2) is 15.5 Å². The van der Waals surface area contributed by atoms with Gasteiger partial charge in [0.25, 0.3) is 0 Å². The van der Waals surface area contributed by atoms with Crippen LogP contribution in [-0.2, 0) is 9.84 Å². The number of sulfone groups is 1. The highest BCUT2D eigenvalue weighted by Crippen LogP contribution is 2.31. The second-order valence-electron chi connectivity index (χ2n) is 4.80. The van der Waals surface area contributed by atoms with Crippen LogP contribution in [0, 0.1) is 0 Å². The first-order chi connectivity index (χ1) is 10.4. The summed E-state index contributed by atoms with van der Waals surface area (Å²) in [5.41, 5.74) is 1.46. The molecule has 7 nitrogen and oxygen atoms in total. The fourth-order valence-electron chi connectivity index (χ4n) is 2.15. The third kappa shape index (κ3) is 2.48. The molecule has 0 aliphatic carbocycles. The van der Waals surface area contributed by atoms with Gasteiger partial charge in [-0.3, -0.25) is 4.79 Å². The number of ether oxygens (including phenoxy) is 1. The molecule has 0 aliphatic heterocycles. The molecule has 0 unspecified atom stereocenters. The largest absolute Gasteiger partial charge is 0.496 e. The Bertz CT molecular complexity index is 1020. The molecule has 3 rings (SSSR count). The van der Waals surface area contributed by atoms with E-state index < -0.39 is 9.84 Å². The van der Waals surface area contributed by atoms with Crippen molar-refractivity contribution in [1.82, 2.24) is 15.0 Å². The number of hydrogen-bond donors (Lipinski definition) is 2. The second-order valence-corrected chi connectivity index (χ2v) is 6.82. The quantitative estimate of drug-likeness (QED) is 0.758. The third-order valence-electron chi connectivity index (χ3n) is 3.23. The van der Waals surface area contributed by atoms with E-state index in [4.69, 9.17) is 4.74 Å². The number of aromatic nitrogens is 3. The smallest absolute Gasteiger partial charge is 0.249 e. The third-order valence-corrected chi connectivity index (χ3v) is 4.34. The number of hydrogen-bond acceptors (Lipinski definition) is 5. The van der Waals surface area contributed by atoms with E-state index in [0.717, 1.165) is 6.26 Å². The highest BCUT2D eigenvalue weighted by molar-refractivity contribution is 7.90. The van der Waals surface area contributed by atoms with E-state index in [2.05, 4.69) is 15.0 Å². The Morgan fingerprint density at radius 1 is 1.14 bits per heavy atom. The van der Waals surface area contributed by atoms with Gasteiger partial charge in [-0.25, -0.2) is 13.4 Å². The molecule has 0 spiro atoms. The van der Waals surface area contributed by atoms with Crippen LogP contribution in [0.5, 0.6) is 5.75 Å². The van der Waals surface area contributed by atoms with Gasteiger partial charge >= 0.3 is 0 Å². The lowest BCUT2D eigenvalue weighted by atomic mass is 10.2. The number of methoxy groups -OCH3 is 1. The SMILES string of the molecule is COc1cc(S(C)(=O)=O)ccc1-c1nc2[nH]c(=O)ccc2[nH]1. The summed E-state index contributed by atoms with van der Waals surface area (Å²) in [7, 11) is -1.87. The van der Waals surface area contributed by atoms with Crippen LogP contribution in [0.1, 0.15) is 0 Å². The Kier molecular flexibility index (Phi) is 3.25. The minimum Gasteiger partial charge on any atom is -0.496 e. The zero-order chi connectivity index (χ0) is 15.9. The van der Waals surface area contributed by atoms with Crippen LogP contribution in [0.25, 0.3) is 22.6 Å². The maximum absolute atomic E-state index is 11.6. The van der Waals surface area contributed by atoms with Gasteiger partial charge in [0.1, 0.15) is 11.6 Å². The van der Waals surface area contributed by atoms with Crippen LogP contribution in [-0.4, -0.2) is 36.7 Å². The predicted octanol–water partition coefficient (Wildman–Crippen LogP) is 1.33. The van der Waals surface area contributed by atoms with Gasteiger partial charge in [0.2, 0.25) is 5.56 Å². The molecule has 0 saturated heterocycles. The number of imidazole rings is 1. The number of aromatic amines is 2. The molecule has 0 aliphatic rings. The molecule has 0 saturated carbocycles. The minimum atomic E-state index is -3.32. The number of H-pyrrole nitrogens is 2. The van der Waals surface area contributed by atoms with Crippen molar-refractivity contribution in [3.05, 3.63) is 40.7 Å². The zero-order valence-corrected chi connectivity index (χ0v) is 12.7. The second kappa shape index (κ2) is 4.99. The average molecular weight is 319 g/mol. The average Bonchev–Trinajstić information content (AvgIpc) is 2.88. The number of nitrogens with zero attached hydrogens (tertiary/aromatic N) is 1. The molecule has 0 radical (unpaired) electrons. The first-order valence-corrected chi connectivity index (χ1v) is 8.25. The van der Waals surface area contributed by atoms with Gasteiger partial charge in [-0.2, -0.15) is 0 Å². The van der Waals surface area contributed by atoms with Gasteiger partial charge < -0.3 is 14.7 Å². The lowest BCUT2D eigenvalue weighted by molar-refractivity contribution is 0.415. The predicted molar refractivity (Wildman–Crippen MR) is 81.8 cm³/mol. The molecule has 0 amide bonds. The van der Waals surface area contributed by atoms with Crippen LogP contribution >= 0.6 is 0 Å². The fourth-order valence-corrected chi connectivity index (χ4v) is 2.78. The molecule has 2 heterocycles. The van der Waals surface area contributed by atoms with Crippen LogP contribution in [0.2, 0.25) is 0 Å².